The Balaban J connectivity index is 1.88. The molecule has 1 saturated heterocycles. The minimum Gasteiger partial charge on any atom is -0.320 e. The van der Waals surface area contributed by atoms with Crippen molar-refractivity contribution in [3.63, 3.8) is 0 Å². The van der Waals surface area contributed by atoms with Crippen LogP contribution in [-0.2, 0) is 9.59 Å². The summed E-state index contributed by atoms with van der Waals surface area (Å²) in [5.41, 5.74) is 4.87. The summed E-state index contributed by atoms with van der Waals surface area (Å²) in [6, 6.07) is 0. The van der Waals surface area contributed by atoms with Crippen molar-refractivity contribution in [2.45, 2.75) is 32.1 Å². The maximum absolute atomic E-state index is 12.6. The van der Waals surface area contributed by atoms with Crippen molar-refractivity contribution in [1.29, 1.82) is 0 Å². The van der Waals surface area contributed by atoms with Crippen molar-refractivity contribution >= 4 is 28.3 Å². The first-order valence-corrected chi connectivity index (χ1v) is 7.50. The number of nitrogens with zero attached hydrogens (tertiary/aromatic N) is 2. The van der Waals surface area contributed by atoms with Crippen molar-refractivity contribution < 1.29 is 9.59 Å². The number of carbonyl (C=O) groups excluding carboxylic acids is 2. The molecule has 0 atom stereocenters. The smallest absolute Gasteiger partial charge is 0.242 e. The predicted molar refractivity (Wildman–Crippen MR) is 76.1 cm³/mol. The van der Waals surface area contributed by atoms with Gasteiger partial charge in [0.15, 0.2) is 5.13 Å². The third kappa shape index (κ3) is 2.03. The fourth-order valence-corrected chi connectivity index (χ4v) is 3.80. The summed E-state index contributed by atoms with van der Waals surface area (Å²) in [6.07, 6.45) is 5.60. The van der Waals surface area contributed by atoms with E-state index in [1.807, 2.05) is 0 Å². The van der Waals surface area contributed by atoms with Gasteiger partial charge in [-0.1, -0.05) is 36.0 Å². The van der Waals surface area contributed by atoms with Crippen molar-refractivity contribution in [2.75, 3.05) is 11.4 Å². The third-order valence-corrected chi connectivity index (χ3v) is 4.85. The van der Waals surface area contributed by atoms with E-state index in [0.717, 1.165) is 30.6 Å². The fourth-order valence-electron chi connectivity index (χ4n) is 2.99. The fraction of sp³-hybridized carbons (Fsp3) is 0.500. The van der Waals surface area contributed by atoms with E-state index < -0.39 is 5.41 Å². The molecule has 2 aliphatic rings. The molecule has 1 saturated carbocycles. The highest BCUT2D eigenvalue weighted by atomic mass is 32.1. The van der Waals surface area contributed by atoms with Crippen LogP contribution in [0.2, 0.25) is 0 Å². The van der Waals surface area contributed by atoms with E-state index in [-0.39, 0.29) is 18.4 Å². The van der Waals surface area contributed by atoms with E-state index in [2.05, 4.69) is 16.8 Å². The molecule has 0 unspecified atom stereocenters. The Morgan fingerprint density at radius 2 is 2.15 bits per heavy atom. The number of hydrogen-bond acceptors (Lipinski definition) is 5. The summed E-state index contributed by atoms with van der Waals surface area (Å²) in [4.78, 5) is 30.9. The third-order valence-electron chi connectivity index (χ3n) is 3.95. The number of amides is 2. The largest absolute Gasteiger partial charge is 0.320 e. The number of rotatable bonds is 1. The standard InChI is InChI=1S/C14H15N3O2S/c15-7-3-4-10-9-16-13(20-10)17-11(18)8-14(12(17)19)5-1-2-6-14/h9H,1-2,5-8,15H2. The molecule has 1 spiro atoms. The summed E-state index contributed by atoms with van der Waals surface area (Å²) in [5.74, 6) is 5.40. The van der Waals surface area contributed by atoms with Gasteiger partial charge >= 0.3 is 0 Å². The summed E-state index contributed by atoms with van der Waals surface area (Å²) in [7, 11) is 0. The van der Waals surface area contributed by atoms with Gasteiger partial charge in [0, 0.05) is 6.42 Å². The van der Waals surface area contributed by atoms with Gasteiger partial charge in [0.25, 0.3) is 0 Å². The molecule has 2 amide bonds. The molecule has 3 rings (SSSR count). The van der Waals surface area contributed by atoms with Crippen LogP contribution in [0, 0.1) is 17.3 Å². The van der Waals surface area contributed by atoms with E-state index in [4.69, 9.17) is 5.73 Å². The lowest BCUT2D eigenvalue weighted by Gasteiger charge is -2.19. The van der Waals surface area contributed by atoms with Crippen molar-refractivity contribution in [3.05, 3.63) is 11.1 Å². The van der Waals surface area contributed by atoms with Gasteiger partial charge in [0.1, 0.15) is 0 Å². The van der Waals surface area contributed by atoms with Crippen LogP contribution in [0.15, 0.2) is 6.20 Å². The summed E-state index contributed by atoms with van der Waals surface area (Å²) in [5, 5.41) is 0.435. The molecule has 0 radical (unpaired) electrons. The predicted octanol–water partition coefficient (Wildman–Crippen LogP) is 1.28. The number of nitrogens with two attached hydrogens (primary N) is 1. The highest BCUT2D eigenvalue weighted by molar-refractivity contribution is 7.16. The lowest BCUT2D eigenvalue weighted by molar-refractivity contribution is -0.125. The molecule has 6 heteroatoms. The maximum atomic E-state index is 12.6. The van der Waals surface area contributed by atoms with Crippen LogP contribution in [0.3, 0.4) is 0 Å². The van der Waals surface area contributed by atoms with Gasteiger partial charge in [-0.15, -0.1) is 0 Å². The Morgan fingerprint density at radius 1 is 1.40 bits per heavy atom. The topological polar surface area (TPSA) is 76.3 Å². The summed E-state index contributed by atoms with van der Waals surface area (Å²) >= 11 is 1.26. The monoisotopic (exact) mass is 289 g/mol. The highest BCUT2D eigenvalue weighted by Crippen LogP contribution is 2.48. The first kappa shape index (κ1) is 13.3. The van der Waals surface area contributed by atoms with Crippen LogP contribution in [0.1, 0.15) is 37.0 Å². The second-order valence-electron chi connectivity index (χ2n) is 5.21. The number of aromatic nitrogens is 1. The Kier molecular flexibility index (Phi) is 3.32. The quantitative estimate of drug-likeness (QED) is 0.624. The van der Waals surface area contributed by atoms with E-state index in [9.17, 15) is 9.59 Å². The van der Waals surface area contributed by atoms with Gasteiger partial charge in [-0.3, -0.25) is 9.59 Å². The van der Waals surface area contributed by atoms with Gasteiger partial charge in [-0.05, 0) is 12.8 Å². The zero-order chi connectivity index (χ0) is 14.2. The molecule has 0 aromatic carbocycles. The number of imide groups is 1. The van der Waals surface area contributed by atoms with Crippen LogP contribution < -0.4 is 10.6 Å². The number of hydrogen-bond donors (Lipinski definition) is 1. The van der Waals surface area contributed by atoms with Crippen LogP contribution >= 0.6 is 11.3 Å². The van der Waals surface area contributed by atoms with E-state index in [0.29, 0.717) is 11.6 Å². The minimum atomic E-state index is -0.453. The highest BCUT2D eigenvalue weighted by Gasteiger charge is 2.53. The van der Waals surface area contributed by atoms with Crippen LogP contribution in [0.5, 0.6) is 0 Å². The SMILES string of the molecule is NCC#Cc1cnc(N2C(=O)CC3(CCCC3)C2=O)s1. The summed E-state index contributed by atoms with van der Waals surface area (Å²) in [6.45, 7) is 0.276. The zero-order valence-corrected chi connectivity index (χ0v) is 11.8. The molecule has 2 N–H and O–H groups in total. The normalized spacial score (nSPS) is 20.6. The number of carbonyl (C=O) groups is 2. The molecular weight excluding hydrogens is 274 g/mol. The van der Waals surface area contributed by atoms with Crippen LogP contribution in [0.25, 0.3) is 0 Å². The summed E-state index contributed by atoms with van der Waals surface area (Å²) < 4.78 is 0. The van der Waals surface area contributed by atoms with Crippen molar-refractivity contribution in [3.8, 4) is 11.8 Å². The first-order valence-electron chi connectivity index (χ1n) is 6.68. The zero-order valence-electron chi connectivity index (χ0n) is 11.0. The van der Waals surface area contributed by atoms with E-state index in [1.54, 1.807) is 6.20 Å². The molecule has 2 fully saturated rings. The second-order valence-corrected chi connectivity index (χ2v) is 6.22. The van der Waals surface area contributed by atoms with Gasteiger partial charge < -0.3 is 5.73 Å². The number of thiazole rings is 1. The van der Waals surface area contributed by atoms with Gasteiger partial charge in [0.05, 0.1) is 23.0 Å². The molecule has 1 aromatic rings. The Labute approximate surface area is 121 Å². The van der Waals surface area contributed by atoms with Gasteiger partial charge in [0.2, 0.25) is 11.8 Å². The van der Waals surface area contributed by atoms with Crippen molar-refractivity contribution in [1.82, 2.24) is 4.98 Å². The molecule has 5 nitrogen and oxygen atoms in total. The van der Waals surface area contributed by atoms with E-state index in [1.165, 1.54) is 16.2 Å². The molecule has 0 bridgehead atoms. The molecule has 2 heterocycles. The maximum Gasteiger partial charge on any atom is 0.242 e. The van der Waals surface area contributed by atoms with E-state index >= 15 is 0 Å². The van der Waals surface area contributed by atoms with Crippen LogP contribution in [0.4, 0.5) is 5.13 Å². The number of anilines is 1. The first-order chi connectivity index (χ1) is 9.66. The Bertz CT molecular complexity index is 620. The Morgan fingerprint density at radius 3 is 2.85 bits per heavy atom. The molecule has 1 aliphatic carbocycles. The molecule has 1 aromatic heterocycles. The van der Waals surface area contributed by atoms with Crippen LogP contribution in [-0.4, -0.2) is 23.3 Å². The molecule has 20 heavy (non-hydrogen) atoms. The average molecular weight is 289 g/mol. The van der Waals surface area contributed by atoms with Gasteiger partial charge in [-0.25, -0.2) is 9.88 Å². The minimum absolute atomic E-state index is 0.0762. The molecule has 104 valence electrons. The second kappa shape index (κ2) is 5.00. The van der Waals surface area contributed by atoms with Gasteiger partial charge in [-0.2, -0.15) is 0 Å². The molecule has 1 aliphatic heterocycles. The lowest BCUT2D eigenvalue weighted by Crippen LogP contribution is -2.34. The average Bonchev–Trinajstić information content (AvgIpc) is 3.11. The Hall–Kier alpha value is -1.71. The lowest BCUT2D eigenvalue weighted by atomic mass is 9.85. The molecular formula is C14H15N3O2S. The van der Waals surface area contributed by atoms with Crippen molar-refractivity contribution in [2.24, 2.45) is 11.1 Å².